The average Bonchev–Trinajstić information content (AvgIpc) is 2.83. The van der Waals surface area contributed by atoms with Gasteiger partial charge in [-0.15, -0.1) is 0 Å². The van der Waals surface area contributed by atoms with Crippen molar-refractivity contribution in [3.63, 3.8) is 0 Å². The van der Waals surface area contributed by atoms with Crippen LogP contribution in [0.5, 0.6) is 0 Å². The molecule has 0 fully saturated rings. The lowest BCUT2D eigenvalue weighted by molar-refractivity contribution is 0.0600. The molecule has 0 atom stereocenters. The van der Waals surface area contributed by atoms with Gasteiger partial charge in [0.1, 0.15) is 0 Å². The largest absolute Gasteiger partial charge is 0.465 e. The van der Waals surface area contributed by atoms with Crippen LogP contribution in [0.1, 0.15) is 58.4 Å². The Labute approximate surface area is 190 Å². The number of carbonyl (C=O) groups is 1. The number of esters is 1. The van der Waals surface area contributed by atoms with E-state index >= 15 is 0 Å². The predicted molar refractivity (Wildman–Crippen MR) is 133 cm³/mol. The number of rotatable bonds is 5. The lowest BCUT2D eigenvalue weighted by Gasteiger charge is -2.33. The van der Waals surface area contributed by atoms with Crippen LogP contribution in [0.3, 0.4) is 0 Å². The van der Waals surface area contributed by atoms with Crippen molar-refractivity contribution in [3.05, 3.63) is 125 Å². The molecular formula is C30H28O2. The summed E-state index contributed by atoms with van der Waals surface area (Å²) in [5.74, 6) is -0.340. The lowest BCUT2D eigenvalue weighted by Crippen LogP contribution is -2.22. The fourth-order valence-corrected chi connectivity index (χ4v) is 4.29. The van der Waals surface area contributed by atoms with Crippen LogP contribution in [0, 0.1) is 0 Å². The molecule has 0 saturated heterocycles. The number of methoxy groups -OCH3 is 1. The Morgan fingerprint density at radius 2 is 1.41 bits per heavy atom. The molecular weight excluding hydrogens is 392 g/mol. The van der Waals surface area contributed by atoms with E-state index in [4.69, 9.17) is 4.74 Å². The topological polar surface area (TPSA) is 26.3 Å². The van der Waals surface area contributed by atoms with E-state index in [1.807, 2.05) is 30.3 Å². The van der Waals surface area contributed by atoms with Crippen LogP contribution in [0.25, 0.3) is 16.7 Å². The van der Waals surface area contributed by atoms with Gasteiger partial charge in [-0.25, -0.2) is 4.79 Å². The van der Waals surface area contributed by atoms with Gasteiger partial charge in [0.25, 0.3) is 0 Å². The summed E-state index contributed by atoms with van der Waals surface area (Å²) in [5.41, 5.74) is 9.40. The minimum absolute atomic E-state index is 0.0534. The smallest absolute Gasteiger partial charge is 0.337 e. The highest BCUT2D eigenvalue weighted by Gasteiger charge is 2.29. The first-order valence-corrected chi connectivity index (χ1v) is 10.8. The van der Waals surface area contributed by atoms with Crippen molar-refractivity contribution in [2.24, 2.45) is 0 Å². The van der Waals surface area contributed by atoms with Gasteiger partial charge >= 0.3 is 5.97 Å². The van der Waals surface area contributed by atoms with Crippen LogP contribution in [-0.4, -0.2) is 13.1 Å². The third kappa shape index (κ3) is 3.97. The van der Waals surface area contributed by atoms with Gasteiger partial charge in [-0.1, -0.05) is 87.7 Å². The van der Waals surface area contributed by atoms with Gasteiger partial charge in [0, 0.05) is 0 Å². The van der Waals surface area contributed by atoms with Gasteiger partial charge in [0.15, 0.2) is 0 Å². The fourth-order valence-electron chi connectivity index (χ4n) is 4.29. The van der Waals surface area contributed by atoms with Gasteiger partial charge in [-0.3, -0.25) is 0 Å². The zero-order chi connectivity index (χ0) is 22.9. The molecule has 0 aliphatic heterocycles. The second-order valence-corrected chi connectivity index (χ2v) is 8.86. The SMILES string of the molecule is C=C(C1=CCC(C)(C)c2ccc(C(=C)c3ccc(C(=O)OC)cc3)cc21)c1ccccc1. The number of hydrogen-bond donors (Lipinski definition) is 0. The summed E-state index contributed by atoms with van der Waals surface area (Å²) in [6.07, 6.45) is 3.28. The molecule has 2 heteroatoms. The minimum atomic E-state index is -0.340. The molecule has 160 valence electrons. The van der Waals surface area contributed by atoms with E-state index < -0.39 is 0 Å². The Balaban J connectivity index is 1.73. The zero-order valence-corrected chi connectivity index (χ0v) is 18.9. The molecule has 2 nitrogen and oxygen atoms in total. The molecule has 0 heterocycles. The molecule has 1 aliphatic carbocycles. The summed E-state index contributed by atoms with van der Waals surface area (Å²) in [6.45, 7) is 13.3. The van der Waals surface area contributed by atoms with Gasteiger partial charge in [-0.2, -0.15) is 0 Å². The second-order valence-electron chi connectivity index (χ2n) is 8.86. The van der Waals surface area contributed by atoms with Gasteiger partial charge in [0.05, 0.1) is 12.7 Å². The van der Waals surface area contributed by atoms with E-state index in [2.05, 4.69) is 63.4 Å². The number of benzene rings is 3. The first-order chi connectivity index (χ1) is 15.3. The second kappa shape index (κ2) is 8.47. The van der Waals surface area contributed by atoms with Gasteiger partial charge in [-0.05, 0) is 74.6 Å². The monoisotopic (exact) mass is 420 g/mol. The number of allylic oxidation sites excluding steroid dienone is 3. The number of fused-ring (bicyclic) bond motifs is 1. The van der Waals surface area contributed by atoms with E-state index in [0.29, 0.717) is 5.56 Å². The third-order valence-electron chi connectivity index (χ3n) is 6.31. The molecule has 0 radical (unpaired) electrons. The summed E-state index contributed by atoms with van der Waals surface area (Å²) >= 11 is 0. The maximum atomic E-state index is 11.7. The van der Waals surface area contributed by atoms with E-state index in [0.717, 1.165) is 34.3 Å². The fraction of sp³-hybridized carbons (Fsp3) is 0.167. The summed E-state index contributed by atoms with van der Waals surface area (Å²) in [6, 6.07) is 24.3. The lowest BCUT2D eigenvalue weighted by atomic mass is 9.71. The molecule has 0 N–H and O–H groups in total. The number of carbonyl (C=O) groups excluding carboxylic acids is 1. The van der Waals surface area contributed by atoms with Crippen LogP contribution < -0.4 is 0 Å². The highest BCUT2D eigenvalue weighted by atomic mass is 16.5. The Morgan fingerprint density at radius 1 is 0.812 bits per heavy atom. The highest BCUT2D eigenvalue weighted by Crippen LogP contribution is 2.44. The third-order valence-corrected chi connectivity index (χ3v) is 6.31. The standard InChI is InChI=1S/C30H28O2/c1-20(23-11-13-24(14-12-23)29(31)32-5)25-15-16-28-27(19-25)26(17-18-30(28,3)4)21(2)22-9-7-6-8-10-22/h6-17,19H,1-2,18H2,3-5H3. The van der Waals surface area contributed by atoms with Crippen LogP contribution in [0.2, 0.25) is 0 Å². The van der Waals surface area contributed by atoms with Gasteiger partial charge in [0.2, 0.25) is 0 Å². The molecule has 1 aliphatic rings. The van der Waals surface area contributed by atoms with Crippen molar-refractivity contribution in [2.45, 2.75) is 25.7 Å². The Hall–Kier alpha value is -3.65. The first kappa shape index (κ1) is 21.6. The summed E-state index contributed by atoms with van der Waals surface area (Å²) in [4.78, 5) is 11.7. The molecule has 0 aromatic heterocycles. The van der Waals surface area contributed by atoms with Crippen molar-refractivity contribution >= 4 is 22.7 Å². The predicted octanol–water partition coefficient (Wildman–Crippen LogP) is 7.31. The van der Waals surface area contributed by atoms with E-state index in [9.17, 15) is 4.79 Å². The van der Waals surface area contributed by atoms with Crippen LogP contribution in [-0.2, 0) is 10.2 Å². The highest BCUT2D eigenvalue weighted by molar-refractivity contribution is 6.06. The Kier molecular flexibility index (Phi) is 5.71. The van der Waals surface area contributed by atoms with E-state index in [1.165, 1.54) is 23.8 Å². The van der Waals surface area contributed by atoms with Crippen molar-refractivity contribution in [3.8, 4) is 0 Å². The quantitative estimate of drug-likeness (QED) is 0.404. The average molecular weight is 421 g/mol. The number of hydrogen-bond acceptors (Lipinski definition) is 2. The minimum Gasteiger partial charge on any atom is -0.465 e. The van der Waals surface area contributed by atoms with Crippen molar-refractivity contribution < 1.29 is 9.53 Å². The van der Waals surface area contributed by atoms with E-state index in [-0.39, 0.29) is 11.4 Å². The Bertz CT molecular complexity index is 1230. The van der Waals surface area contributed by atoms with Crippen LogP contribution in [0.4, 0.5) is 0 Å². The molecule has 3 aromatic carbocycles. The van der Waals surface area contributed by atoms with Crippen LogP contribution >= 0.6 is 0 Å². The molecule has 0 spiro atoms. The maximum absolute atomic E-state index is 11.7. The molecule has 3 aromatic rings. The maximum Gasteiger partial charge on any atom is 0.337 e. The Morgan fingerprint density at radius 3 is 2.06 bits per heavy atom. The normalized spacial score (nSPS) is 14.2. The molecule has 0 saturated carbocycles. The molecule has 0 amide bonds. The summed E-state index contributed by atoms with van der Waals surface area (Å²) < 4.78 is 4.80. The molecule has 0 unspecified atom stereocenters. The van der Waals surface area contributed by atoms with E-state index in [1.54, 1.807) is 12.1 Å². The zero-order valence-electron chi connectivity index (χ0n) is 18.9. The van der Waals surface area contributed by atoms with Crippen molar-refractivity contribution in [1.29, 1.82) is 0 Å². The van der Waals surface area contributed by atoms with Crippen molar-refractivity contribution in [2.75, 3.05) is 7.11 Å². The molecule has 32 heavy (non-hydrogen) atoms. The molecule has 0 bridgehead atoms. The van der Waals surface area contributed by atoms with Crippen LogP contribution in [0.15, 0.2) is 92.0 Å². The summed E-state index contributed by atoms with van der Waals surface area (Å²) in [7, 11) is 1.39. The first-order valence-electron chi connectivity index (χ1n) is 10.8. The summed E-state index contributed by atoms with van der Waals surface area (Å²) in [5, 5.41) is 0. The number of ether oxygens (including phenoxy) is 1. The van der Waals surface area contributed by atoms with Crippen molar-refractivity contribution in [1.82, 2.24) is 0 Å². The molecule has 4 rings (SSSR count). The van der Waals surface area contributed by atoms with Gasteiger partial charge < -0.3 is 4.74 Å².